The van der Waals surface area contributed by atoms with Crippen molar-refractivity contribution in [1.82, 2.24) is 10.6 Å². The number of hydrogen-bond acceptors (Lipinski definition) is 2. The number of fused-ring (bicyclic) bond motifs is 1. The average molecular weight is 443 g/mol. The lowest BCUT2D eigenvalue weighted by molar-refractivity contribution is 0.465. The van der Waals surface area contributed by atoms with Crippen molar-refractivity contribution < 1.29 is 5.11 Å². The molecular formula is C19H30IN3O. The number of hydrogen-bond donors (Lipinski definition) is 3. The van der Waals surface area contributed by atoms with E-state index in [1.165, 1.54) is 49.7 Å². The normalized spacial score (nSPS) is 18.0. The molecule has 0 radical (unpaired) electrons. The summed E-state index contributed by atoms with van der Waals surface area (Å²) in [4.78, 5) is 4.75. The second kappa shape index (κ2) is 9.49. The van der Waals surface area contributed by atoms with Crippen LogP contribution in [0, 0.1) is 0 Å². The maximum Gasteiger partial charge on any atom is 0.191 e. The third-order valence-corrected chi connectivity index (χ3v) is 5.06. The van der Waals surface area contributed by atoms with Crippen LogP contribution in [0.25, 0.3) is 0 Å². The van der Waals surface area contributed by atoms with Gasteiger partial charge in [-0.2, -0.15) is 0 Å². The van der Waals surface area contributed by atoms with Gasteiger partial charge in [-0.25, -0.2) is 4.99 Å². The van der Waals surface area contributed by atoms with Crippen LogP contribution in [0.4, 0.5) is 0 Å². The van der Waals surface area contributed by atoms with Gasteiger partial charge >= 0.3 is 0 Å². The maximum absolute atomic E-state index is 10.3. The Balaban J connectivity index is 0.00000208. The predicted octanol–water partition coefficient (Wildman–Crippen LogP) is 3.89. The average Bonchev–Trinajstić information content (AvgIpc) is 3.07. The van der Waals surface area contributed by atoms with E-state index in [9.17, 15) is 5.11 Å². The summed E-state index contributed by atoms with van der Waals surface area (Å²) in [5.74, 6) is 1.28. The zero-order valence-corrected chi connectivity index (χ0v) is 16.9. The molecule has 1 fully saturated rings. The van der Waals surface area contributed by atoms with E-state index < -0.39 is 0 Å². The van der Waals surface area contributed by atoms with Gasteiger partial charge in [-0.3, -0.25) is 0 Å². The van der Waals surface area contributed by atoms with Gasteiger partial charge in [-0.05, 0) is 62.6 Å². The van der Waals surface area contributed by atoms with E-state index in [0.29, 0.717) is 18.3 Å². The number of aromatic hydroxyl groups is 1. The fraction of sp³-hybridized carbons (Fsp3) is 0.632. The van der Waals surface area contributed by atoms with E-state index in [-0.39, 0.29) is 24.0 Å². The van der Waals surface area contributed by atoms with Crippen molar-refractivity contribution in [2.75, 3.05) is 6.54 Å². The van der Waals surface area contributed by atoms with Gasteiger partial charge in [0, 0.05) is 18.2 Å². The second-order valence-corrected chi connectivity index (χ2v) is 6.73. The van der Waals surface area contributed by atoms with Crippen LogP contribution in [0.3, 0.4) is 0 Å². The summed E-state index contributed by atoms with van der Waals surface area (Å²) in [5.41, 5.74) is 3.75. The molecule has 0 aromatic heterocycles. The molecule has 0 heterocycles. The Morgan fingerprint density at radius 3 is 2.67 bits per heavy atom. The summed E-state index contributed by atoms with van der Waals surface area (Å²) in [6.07, 6.45) is 9.76. The highest BCUT2D eigenvalue weighted by atomic mass is 127. The second-order valence-electron chi connectivity index (χ2n) is 6.73. The van der Waals surface area contributed by atoms with E-state index in [4.69, 9.17) is 4.99 Å². The highest BCUT2D eigenvalue weighted by Crippen LogP contribution is 2.31. The van der Waals surface area contributed by atoms with Crippen LogP contribution in [0.5, 0.6) is 5.75 Å². The van der Waals surface area contributed by atoms with Crippen molar-refractivity contribution in [3.63, 3.8) is 0 Å². The Kier molecular flexibility index (Phi) is 7.65. The van der Waals surface area contributed by atoms with E-state index in [1.54, 1.807) is 0 Å². The summed E-state index contributed by atoms with van der Waals surface area (Å²) >= 11 is 0. The Bertz CT molecular complexity index is 568. The van der Waals surface area contributed by atoms with Gasteiger partial charge in [0.05, 0.1) is 6.54 Å². The Hall–Kier alpha value is -0.980. The van der Waals surface area contributed by atoms with E-state index in [0.717, 1.165) is 30.9 Å². The summed E-state index contributed by atoms with van der Waals surface area (Å²) in [6.45, 7) is 3.50. The van der Waals surface area contributed by atoms with Gasteiger partial charge in [0.1, 0.15) is 5.75 Å². The number of nitrogens with zero attached hydrogens (tertiary/aromatic N) is 1. The molecule has 0 bridgehead atoms. The first-order valence-electron chi connectivity index (χ1n) is 9.15. The van der Waals surface area contributed by atoms with Crippen LogP contribution in [0.2, 0.25) is 0 Å². The summed E-state index contributed by atoms with van der Waals surface area (Å²) in [7, 11) is 0. The Morgan fingerprint density at radius 2 is 1.92 bits per heavy atom. The summed E-state index contributed by atoms with van der Waals surface area (Å²) in [6, 6.07) is 4.47. The van der Waals surface area contributed by atoms with Gasteiger partial charge in [0.2, 0.25) is 0 Å². The van der Waals surface area contributed by atoms with Crippen molar-refractivity contribution in [1.29, 1.82) is 0 Å². The van der Waals surface area contributed by atoms with E-state index in [2.05, 4.69) is 23.6 Å². The molecule has 2 aliphatic rings. The van der Waals surface area contributed by atoms with Gasteiger partial charge in [-0.1, -0.05) is 18.9 Å². The summed E-state index contributed by atoms with van der Waals surface area (Å²) < 4.78 is 0. The van der Waals surface area contributed by atoms with Crippen molar-refractivity contribution in [3.8, 4) is 5.75 Å². The quantitative estimate of drug-likeness (QED) is 0.376. The third kappa shape index (κ3) is 4.77. The topological polar surface area (TPSA) is 56.7 Å². The molecule has 2 aliphatic carbocycles. The molecule has 0 spiro atoms. The standard InChI is InChI=1S/C19H29N3O.HI/c1-2-20-19(22-15-8-4-5-9-15)21-13-17-16-10-6-3-7-14(16)11-12-18(17)23;/h11-12,15,23H,2-10,13H2,1H3,(H2,20,21,22);1H. The lowest BCUT2D eigenvalue weighted by atomic mass is 9.88. The van der Waals surface area contributed by atoms with Crippen molar-refractivity contribution in [2.45, 2.75) is 70.9 Å². The van der Waals surface area contributed by atoms with E-state index in [1.807, 2.05) is 6.07 Å². The lowest BCUT2D eigenvalue weighted by Crippen LogP contribution is -2.42. The minimum Gasteiger partial charge on any atom is -0.508 e. The smallest absolute Gasteiger partial charge is 0.191 e. The third-order valence-electron chi connectivity index (χ3n) is 5.06. The molecule has 1 aromatic rings. The van der Waals surface area contributed by atoms with Crippen LogP contribution in [0.15, 0.2) is 17.1 Å². The number of aliphatic imine (C=N–C) groups is 1. The van der Waals surface area contributed by atoms with Gasteiger partial charge < -0.3 is 15.7 Å². The molecule has 24 heavy (non-hydrogen) atoms. The van der Waals surface area contributed by atoms with Gasteiger partial charge in [-0.15, -0.1) is 24.0 Å². The largest absolute Gasteiger partial charge is 0.508 e. The van der Waals surface area contributed by atoms with Gasteiger partial charge in [0.15, 0.2) is 5.96 Å². The first kappa shape index (κ1) is 19.3. The fourth-order valence-electron chi connectivity index (χ4n) is 3.81. The zero-order valence-electron chi connectivity index (χ0n) is 14.6. The fourth-order valence-corrected chi connectivity index (χ4v) is 3.81. The molecule has 3 N–H and O–H groups in total. The molecule has 1 aromatic carbocycles. The highest BCUT2D eigenvalue weighted by Gasteiger charge is 2.18. The number of phenols is 1. The summed E-state index contributed by atoms with van der Waals surface area (Å²) in [5, 5.41) is 17.2. The van der Waals surface area contributed by atoms with Crippen LogP contribution >= 0.6 is 24.0 Å². The van der Waals surface area contributed by atoms with Crippen LogP contribution in [-0.2, 0) is 19.4 Å². The van der Waals surface area contributed by atoms with E-state index >= 15 is 0 Å². The van der Waals surface area contributed by atoms with Crippen molar-refractivity contribution in [3.05, 3.63) is 28.8 Å². The number of phenolic OH excluding ortho intramolecular Hbond substituents is 1. The molecule has 0 aliphatic heterocycles. The molecule has 0 saturated heterocycles. The van der Waals surface area contributed by atoms with Crippen LogP contribution in [-0.4, -0.2) is 23.7 Å². The monoisotopic (exact) mass is 443 g/mol. The molecule has 0 unspecified atom stereocenters. The molecule has 5 heteroatoms. The maximum atomic E-state index is 10.3. The van der Waals surface area contributed by atoms with Crippen molar-refractivity contribution in [2.24, 2.45) is 4.99 Å². The minimum absolute atomic E-state index is 0. The first-order chi connectivity index (χ1) is 11.3. The number of benzene rings is 1. The lowest BCUT2D eigenvalue weighted by Gasteiger charge is -2.20. The molecule has 0 atom stereocenters. The number of aryl methyl sites for hydroxylation is 1. The van der Waals surface area contributed by atoms with Crippen molar-refractivity contribution >= 4 is 29.9 Å². The predicted molar refractivity (Wildman–Crippen MR) is 110 cm³/mol. The Morgan fingerprint density at radius 1 is 1.17 bits per heavy atom. The number of guanidine groups is 1. The van der Waals surface area contributed by atoms with Crippen LogP contribution < -0.4 is 10.6 Å². The Labute approximate surface area is 162 Å². The molecule has 3 rings (SSSR count). The minimum atomic E-state index is 0. The number of nitrogens with one attached hydrogen (secondary N) is 2. The first-order valence-corrected chi connectivity index (χ1v) is 9.15. The zero-order chi connectivity index (χ0) is 16.1. The molecular weight excluding hydrogens is 413 g/mol. The SMILES string of the molecule is CCNC(=NCc1c(O)ccc2c1CCCC2)NC1CCCC1.I. The molecule has 1 saturated carbocycles. The highest BCUT2D eigenvalue weighted by molar-refractivity contribution is 14.0. The molecule has 0 amide bonds. The number of rotatable bonds is 4. The van der Waals surface area contributed by atoms with Gasteiger partial charge in [0.25, 0.3) is 0 Å². The molecule has 4 nitrogen and oxygen atoms in total. The molecule has 134 valence electrons. The van der Waals surface area contributed by atoms with Crippen LogP contribution in [0.1, 0.15) is 62.1 Å². The number of halogens is 1.